The summed E-state index contributed by atoms with van der Waals surface area (Å²) in [5.41, 5.74) is 7.89. The van der Waals surface area contributed by atoms with E-state index < -0.39 is 0 Å². The largest absolute Gasteiger partial charge is 0.497 e. The van der Waals surface area contributed by atoms with Crippen molar-refractivity contribution in [3.63, 3.8) is 0 Å². The average molecular weight is 479 g/mol. The molecule has 2 heterocycles. The van der Waals surface area contributed by atoms with Crippen molar-refractivity contribution in [2.24, 2.45) is 0 Å². The number of hydrogen-bond donors (Lipinski definition) is 1. The summed E-state index contributed by atoms with van der Waals surface area (Å²) in [6.45, 7) is 2.64. The molecule has 2 aliphatic heterocycles. The number of ether oxygens (including phenoxy) is 3. The van der Waals surface area contributed by atoms with E-state index >= 15 is 0 Å². The van der Waals surface area contributed by atoms with Crippen LogP contribution < -0.4 is 19.6 Å². The fourth-order valence-corrected chi connectivity index (χ4v) is 4.40. The zero-order valence-electron chi connectivity index (χ0n) is 17.3. The van der Waals surface area contributed by atoms with Gasteiger partial charge in [-0.05, 0) is 73.2 Å². The van der Waals surface area contributed by atoms with E-state index in [9.17, 15) is 0 Å². The van der Waals surface area contributed by atoms with E-state index in [1.807, 2.05) is 55.5 Å². The van der Waals surface area contributed by atoms with E-state index in [2.05, 4.69) is 50.6 Å². The van der Waals surface area contributed by atoms with E-state index in [1.165, 1.54) is 0 Å². The standard InChI is InChI=1S/C25H23BrN2O3/c1-3-30-20-11-4-16(5-12-20)22-15-23-21-14-18(26)8-13-24(21)31-25(28(23)27-22)17-6-9-19(29-2)10-7-17/h4-15,23,25,27H,3H2,1-2H3. The summed E-state index contributed by atoms with van der Waals surface area (Å²) in [5, 5.41) is 2.16. The maximum Gasteiger partial charge on any atom is 0.195 e. The first-order chi connectivity index (χ1) is 15.2. The quantitative estimate of drug-likeness (QED) is 0.498. The number of nitrogens with one attached hydrogen (secondary N) is 1. The highest BCUT2D eigenvalue weighted by Crippen LogP contribution is 2.46. The first-order valence-electron chi connectivity index (χ1n) is 10.3. The number of hydrazine groups is 1. The fourth-order valence-electron chi connectivity index (χ4n) is 4.02. The minimum atomic E-state index is -0.277. The lowest BCUT2D eigenvalue weighted by atomic mass is 10.0. The van der Waals surface area contributed by atoms with Gasteiger partial charge in [-0.25, -0.2) is 0 Å². The number of rotatable bonds is 5. The molecule has 0 saturated carbocycles. The average Bonchev–Trinajstić information content (AvgIpc) is 3.25. The van der Waals surface area contributed by atoms with Gasteiger partial charge < -0.3 is 19.6 Å². The maximum absolute atomic E-state index is 6.44. The van der Waals surface area contributed by atoms with Crippen LogP contribution in [-0.4, -0.2) is 18.7 Å². The first-order valence-corrected chi connectivity index (χ1v) is 11.1. The molecular formula is C25H23BrN2O3. The maximum atomic E-state index is 6.44. The van der Waals surface area contributed by atoms with Gasteiger partial charge in [-0.15, -0.1) is 0 Å². The van der Waals surface area contributed by atoms with Gasteiger partial charge in [-0.2, -0.15) is 5.01 Å². The van der Waals surface area contributed by atoms with E-state index in [4.69, 9.17) is 14.2 Å². The van der Waals surface area contributed by atoms with Crippen molar-refractivity contribution in [2.45, 2.75) is 19.2 Å². The van der Waals surface area contributed by atoms with Crippen molar-refractivity contribution in [3.05, 3.63) is 94.0 Å². The third-order valence-corrected chi connectivity index (χ3v) is 6.03. The highest BCUT2D eigenvalue weighted by Gasteiger charge is 2.40. The Morgan fingerprint density at radius 1 is 1.00 bits per heavy atom. The smallest absolute Gasteiger partial charge is 0.195 e. The van der Waals surface area contributed by atoms with Crippen LogP contribution in [0, 0.1) is 0 Å². The van der Waals surface area contributed by atoms with E-state index in [-0.39, 0.29) is 12.3 Å². The number of halogens is 1. The van der Waals surface area contributed by atoms with Crippen LogP contribution in [0.1, 0.15) is 35.9 Å². The highest BCUT2D eigenvalue weighted by atomic mass is 79.9. The van der Waals surface area contributed by atoms with E-state index in [0.29, 0.717) is 6.61 Å². The fraction of sp³-hybridized carbons (Fsp3) is 0.200. The van der Waals surface area contributed by atoms with E-state index in [1.54, 1.807) is 7.11 Å². The predicted molar refractivity (Wildman–Crippen MR) is 124 cm³/mol. The van der Waals surface area contributed by atoms with E-state index in [0.717, 1.165) is 44.1 Å². The minimum absolute atomic E-state index is 0.0370. The van der Waals surface area contributed by atoms with Crippen LogP contribution >= 0.6 is 15.9 Å². The van der Waals surface area contributed by atoms with Gasteiger partial charge >= 0.3 is 0 Å². The van der Waals surface area contributed by atoms with Crippen molar-refractivity contribution in [1.82, 2.24) is 10.4 Å². The zero-order chi connectivity index (χ0) is 21.4. The molecule has 3 aromatic rings. The second kappa shape index (κ2) is 8.29. The van der Waals surface area contributed by atoms with Crippen molar-refractivity contribution in [2.75, 3.05) is 13.7 Å². The Balaban J connectivity index is 1.52. The van der Waals surface area contributed by atoms with Gasteiger partial charge in [0.1, 0.15) is 17.2 Å². The first kappa shape index (κ1) is 20.0. The molecule has 2 unspecified atom stereocenters. The van der Waals surface area contributed by atoms with Crippen molar-refractivity contribution >= 4 is 21.6 Å². The summed E-state index contributed by atoms with van der Waals surface area (Å²) in [6, 6.07) is 22.4. The van der Waals surface area contributed by atoms with Crippen molar-refractivity contribution < 1.29 is 14.2 Å². The number of hydrogen-bond acceptors (Lipinski definition) is 5. The number of fused-ring (bicyclic) bond motifs is 3. The molecule has 0 saturated heterocycles. The van der Waals surface area contributed by atoms with Crippen LogP contribution in [0.4, 0.5) is 0 Å². The van der Waals surface area contributed by atoms with Crippen LogP contribution in [-0.2, 0) is 0 Å². The lowest BCUT2D eigenvalue weighted by Crippen LogP contribution is -2.43. The van der Waals surface area contributed by atoms with Crippen molar-refractivity contribution in [1.29, 1.82) is 0 Å². The molecule has 0 fully saturated rings. The van der Waals surface area contributed by atoms with Gasteiger partial charge in [0, 0.05) is 15.6 Å². The third-order valence-electron chi connectivity index (χ3n) is 5.53. The van der Waals surface area contributed by atoms with Crippen LogP contribution in [0.3, 0.4) is 0 Å². The molecule has 31 heavy (non-hydrogen) atoms. The van der Waals surface area contributed by atoms with Gasteiger partial charge in [0.2, 0.25) is 0 Å². The monoisotopic (exact) mass is 478 g/mol. The molecular weight excluding hydrogens is 456 g/mol. The van der Waals surface area contributed by atoms with Crippen LogP contribution in [0.25, 0.3) is 5.70 Å². The number of benzene rings is 3. The second-order valence-electron chi connectivity index (χ2n) is 7.43. The summed E-state index contributed by atoms with van der Waals surface area (Å²) in [7, 11) is 1.67. The normalized spacial score (nSPS) is 19.5. The third kappa shape index (κ3) is 3.77. The molecule has 0 aromatic heterocycles. The summed E-state index contributed by atoms with van der Waals surface area (Å²) in [6.07, 6.45) is 1.97. The molecule has 6 heteroatoms. The Labute approximate surface area is 190 Å². The molecule has 0 spiro atoms. The Morgan fingerprint density at radius 2 is 1.74 bits per heavy atom. The lowest BCUT2D eigenvalue weighted by Gasteiger charge is -2.39. The predicted octanol–water partition coefficient (Wildman–Crippen LogP) is 5.85. The molecule has 2 aliphatic rings. The highest BCUT2D eigenvalue weighted by molar-refractivity contribution is 9.10. The van der Waals surface area contributed by atoms with Crippen LogP contribution in [0.2, 0.25) is 0 Å². The van der Waals surface area contributed by atoms with Crippen LogP contribution in [0.5, 0.6) is 17.2 Å². The Morgan fingerprint density at radius 3 is 2.45 bits per heavy atom. The van der Waals surface area contributed by atoms with Gasteiger partial charge in [0.25, 0.3) is 0 Å². The number of methoxy groups -OCH3 is 1. The molecule has 5 rings (SSSR count). The van der Waals surface area contributed by atoms with Gasteiger partial charge in [0.15, 0.2) is 6.23 Å². The summed E-state index contributed by atoms with van der Waals surface area (Å²) in [4.78, 5) is 0. The van der Waals surface area contributed by atoms with Gasteiger partial charge in [-0.1, -0.05) is 28.1 Å². The Kier molecular flexibility index (Phi) is 5.34. The molecule has 2 atom stereocenters. The summed E-state index contributed by atoms with van der Waals surface area (Å²) in [5.74, 6) is 2.58. The molecule has 1 N–H and O–H groups in total. The lowest BCUT2D eigenvalue weighted by molar-refractivity contribution is -0.0327. The van der Waals surface area contributed by atoms with Crippen molar-refractivity contribution in [3.8, 4) is 17.2 Å². The molecule has 0 aliphatic carbocycles. The molecule has 0 bridgehead atoms. The zero-order valence-corrected chi connectivity index (χ0v) is 18.9. The van der Waals surface area contributed by atoms with Gasteiger partial charge in [-0.3, -0.25) is 0 Å². The molecule has 3 aromatic carbocycles. The molecule has 158 valence electrons. The SMILES string of the molecule is CCOc1ccc(C2=CC3c4cc(Br)ccc4OC(c4ccc(OC)cc4)N3N2)cc1. The van der Waals surface area contributed by atoms with Gasteiger partial charge in [0.05, 0.1) is 25.5 Å². The second-order valence-corrected chi connectivity index (χ2v) is 8.34. The summed E-state index contributed by atoms with van der Waals surface area (Å²) >= 11 is 3.60. The molecule has 0 radical (unpaired) electrons. The molecule has 0 amide bonds. The Bertz CT molecular complexity index is 1110. The number of nitrogens with zero attached hydrogens (tertiary/aromatic N) is 1. The Hall–Kier alpha value is -2.96. The van der Waals surface area contributed by atoms with Crippen LogP contribution in [0.15, 0.2) is 77.3 Å². The molecule has 5 nitrogen and oxygen atoms in total. The summed E-state index contributed by atoms with van der Waals surface area (Å²) < 4.78 is 18.4. The minimum Gasteiger partial charge on any atom is -0.497 e. The topological polar surface area (TPSA) is 43.0 Å².